The maximum atomic E-state index is 12.4. The lowest BCUT2D eigenvalue weighted by molar-refractivity contribution is -0.142. The largest absolute Gasteiger partial charge is 0.334 e. The van der Waals surface area contributed by atoms with Crippen LogP contribution in [0.15, 0.2) is 11.4 Å². The van der Waals surface area contributed by atoms with Gasteiger partial charge in [0.25, 0.3) is 0 Å². The molecule has 2 N–H and O–H groups in total. The van der Waals surface area contributed by atoms with Gasteiger partial charge in [0, 0.05) is 11.4 Å². The third kappa shape index (κ3) is 1.62. The second kappa shape index (κ2) is 3.82. The Morgan fingerprint density at radius 2 is 2.35 bits per heavy atom. The van der Waals surface area contributed by atoms with Crippen LogP contribution < -0.4 is 5.73 Å². The van der Waals surface area contributed by atoms with Crippen molar-refractivity contribution in [3.8, 4) is 0 Å². The quantitative estimate of drug-likeness (QED) is 0.829. The van der Waals surface area contributed by atoms with E-state index < -0.39 is 5.54 Å². The molecule has 1 saturated carbocycles. The van der Waals surface area contributed by atoms with E-state index in [1.807, 2.05) is 4.90 Å². The average molecular weight is 250 g/mol. The fourth-order valence-electron chi connectivity index (χ4n) is 2.84. The fraction of sp³-hybridized carbons (Fsp3) is 0.615. The molecule has 3 rings (SSSR count). The molecular weight excluding hydrogens is 232 g/mol. The summed E-state index contributed by atoms with van der Waals surface area (Å²) in [6.07, 6.45) is 3.78. The second-order valence-corrected chi connectivity index (χ2v) is 6.23. The van der Waals surface area contributed by atoms with Gasteiger partial charge in [-0.05, 0) is 49.6 Å². The van der Waals surface area contributed by atoms with Gasteiger partial charge in [-0.15, -0.1) is 11.3 Å². The highest BCUT2D eigenvalue weighted by Crippen LogP contribution is 2.37. The molecule has 2 heterocycles. The van der Waals surface area contributed by atoms with Crippen molar-refractivity contribution >= 4 is 17.2 Å². The number of thiophene rings is 1. The number of carbonyl (C=O) groups is 1. The normalized spacial score (nSPS) is 26.2. The molecule has 2 aliphatic rings. The van der Waals surface area contributed by atoms with E-state index >= 15 is 0 Å². The highest BCUT2D eigenvalue weighted by molar-refractivity contribution is 7.10. The van der Waals surface area contributed by atoms with E-state index in [1.54, 1.807) is 11.3 Å². The van der Waals surface area contributed by atoms with Crippen LogP contribution >= 0.6 is 11.3 Å². The number of hydrogen-bond donors (Lipinski definition) is 1. The van der Waals surface area contributed by atoms with Crippen LogP contribution in [0.3, 0.4) is 0 Å². The second-order valence-electron chi connectivity index (χ2n) is 5.23. The minimum atomic E-state index is -0.554. The molecule has 1 atom stereocenters. The Labute approximate surface area is 106 Å². The number of hydrogen-bond acceptors (Lipinski definition) is 3. The molecular formula is C13H18N2OS. The van der Waals surface area contributed by atoms with Gasteiger partial charge in [-0.25, -0.2) is 0 Å². The molecule has 3 nitrogen and oxygen atoms in total. The maximum absolute atomic E-state index is 12.4. The van der Waals surface area contributed by atoms with Crippen molar-refractivity contribution < 1.29 is 4.79 Å². The number of nitrogens with two attached hydrogens (primary N) is 1. The molecule has 1 amide bonds. The Bertz CT molecular complexity index is 450. The van der Waals surface area contributed by atoms with Gasteiger partial charge in [0.05, 0.1) is 11.6 Å². The van der Waals surface area contributed by atoms with E-state index in [2.05, 4.69) is 18.4 Å². The lowest BCUT2D eigenvalue weighted by atomic mass is 9.76. The van der Waals surface area contributed by atoms with Gasteiger partial charge in [-0.3, -0.25) is 4.79 Å². The van der Waals surface area contributed by atoms with Gasteiger partial charge in [0.15, 0.2) is 0 Å². The Kier molecular flexibility index (Phi) is 2.52. The third-order valence-corrected chi connectivity index (χ3v) is 5.21. The molecule has 0 saturated heterocycles. The first-order chi connectivity index (χ1) is 8.12. The molecule has 0 aromatic carbocycles. The predicted molar refractivity (Wildman–Crippen MR) is 68.9 cm³/mol. The van der Waals surface area contributed by atoms with Gasteiger partial charge in [0.2, 0.25) is 5.91 Å². The molecule has 1 aliphatic heterocycles. The van der Waals surface area contributed by atoms with Crippen LogP contribution in [0.1, 0.15) is 42.7 Å². The summed E-state index contributed by atoms with van der Waals surface area (Å²) in [5, 5.41) is 2.12. The van der Waals surface area contributed by atoms with E-state index in [4.69, 9.17) is 5.73 Å². The predicted octanol–water partition coefficient (Wildman–Crippen LogP) is 2.08. The van der Waals surface area contributed by atoms with E-state index in [-0.39, 0.29) is 11.9 Å². The molecule has 1 aliphatic carbocycles. The van der Waals surface area contributed by atoms with Crippen LogP contribution in [-0.2, 0) is 11.2 Å². The third-order valence-electron chi connectivity index (χ3n) is 4.21. The summed E-state index contributed by atoms with van der Waals surface area (Å²) in [6, 6.07) is 2.34. The van der Waals surface area contributed by atoms with Crippen LogP contribution in [0.2, 0.25) is 0 Å². The molecule has 92 valence electrons. The first-order valence-corrected chi connectivity index (χ1v) is 7.16. The zero-order valence-corrected chi connectivity index (χ0v) is 10.9. The Hall–Kier alpha value is -0.870. The van der Waals surface area contributed by atoms with Gasteiger partial charge in [-0.2, -0.15) is 0 Å². The van der Waals surface area contributed by atoms with E-state index in [9.17, 15) is 4.79 Å². The summed E-state index contributed by atoms with van der Waals surface area (Å²) >= 11 is 1.80. The van der Waals surface area contributed by atoms with Gasteiger partial charge < -0.3 is 10.6 Å². The minimum Gasteiger partial charge on any atom is -0.334 e. The molecule has 1 unspecified atom stereocenters. The Balaban J connectivity index is 1.84. The SMILES string of the molecule is CC1c2ccsc2CCN1C(=O)C1(N)CCC1. The van der Waals surface area contributed by atoms with Gasteiger partial charge in [0.1, 0.15) is 0 Å². The summed E-state index contributed by atoms with van der Waals surface area (Å²) in [7, 11) is 0. The maximum Gasteiger partial charge on any atom is 0.243 e. The standard InChI is InChI=1S/C13H18N2OS/c1-9-10-4-8-17-11(10)3-7-15(9)12(16)13(14)5-2-6-13/h4,8-9H,2-3,5-7,14H2,1H3. The van der Waals surface area contributed by atoms with E-state index in [1.165, 1.54) is 10.4 Å². The molecule has 1 aromatic heterocycles. The Morgan fingerprint density at radius 1 is 1.59 bits per heavy atom. The number of carbonyl (C=O) groups excluding carboxylic acids is 1. The highest BCUT2D eigenvalue weighted by Gasteiger charge is 2.44. The summed E-state index contributed by atoms with van der Waals surface area (Å²) < 4.78 is 0. The van der Waals surface area contributed by atoms with Crippen LogP contribution in [0.4, 0.5) is 0 Å². The number of fused-ring (bicyclic) bond motifs is 1. The summed E-state index contributed by atoms with van der Waals surface area (Å²) in [5.41, 5.74) is 6.91. The molecule has 0 bridgehead atoms. The number of nitrogens with zero attached hydrogens (tertiary/aromatic N) is 1. The van der Waals surface area contributed by atoms with Crippen molar-refractivity contribution in [2.24, 2.45) is 5.73 Å². The van der Waals surface area contributed by atoms with Crippen molar-refractivity contribution in [1.82, 2.24) is 4.90 Å². The molecule has 4 heteroatoms. The first-order valence-electron chi connectivity index (χ1n) is 6.28. The van der Waals surface area contributed by atoms with Crippen molar-refractivity contribution in [2.45, 2.75) is 44.2 Å². The monoisotopic (exact) mass is 250 g/mol. The first kappa shape index (κ1) is 11.2. The van der Waals surface area contributed by atoms with Crippen LogP contribution in [-0.4, -0.2) is 22.9 Å². The molecule has 17 heavy (non-hydrogen) atoms. The molecule has 1 fully saturated rings. The number of rotatable bonds is 1. The lowest BCUT2D eigenvalue weighted by Gasteiger charge is -2.44. The molecule has 0 radical (unpaired) electrons. The van der Waals surface area contributed by atoms with Crippen LogP contribution in [0.5, 0.6) is 0 Å². The lowest BCUT2D eigenvalue weighted by Crippen LogP contribution is -2.60. The Morgan fingerprint density at radius 3 is 3.00 bits per heavy atom. The van der Waals surface area contributed by atoms with Gasteiger partial charge >= 0.3 is 0 Å². The fourth-order valence-corrected chi connectivity index (χ4v) is 3.81. The van der Waals surface area contributed by atoms with E-state index in [0.29, 0.717) is 0 Å². The zero-order valence-electron chi connectivity index (χ0n) is 10.1. The summed E-state index contributed by atoms with van der Waals surface area (Å²) in [5.74, 6) is 0.160. The zero-order chi connectivity index (χ0) is 12.0. The summed E-state index contributed by atoms with van der Waals surface area (Å²) in [4.78, 5) is 15.9. The molecule has 0 spiro atoms. The van der Waals surface area contributed by atoms with Gasteiger partial charge in [-0.1, -0.05) is 0 Å². The van der Waals surface area contributed by atoms with Crippen molar-refractivity contribution in [2.75, 3.05) is 6.54 Å². The van der Waals surface area contributed by atoms with Crippen molar-refractivity contribution in [3.05, 3.63) is 21.9 Å². The topological polar surface area (TPSA) is 46.3 Å². The number of amides is 1. The van der Waals surface area contributed by atoms with Crippen molar-refractivity contribution in [3.63, 3.8) is 0 Å². The average Bonchev–Trinajstić information content (AvgIpc) is 2.74. The highest BCUT2D eigenvalue weighted by atomic mass is 32.1. The summed E-state index contributed by atoms with van der Waals surface area (Å²) in [6.45, 7) is 2.94. The smallest absolute Gasteiger partial charge is 0.243 e. The van der Waals surface area contributed by atoms with E-state index in [0.717, 1.165) is 32.2 Å². The molecule has 1 aromatic rings. The van der Waals surface area contributed by atoms with Crippen LogP contribution in [0, 0.1) is 0 Å². The van der Waals surface area contributed by atoms with Crippen LogP contribution in [0.25, 0.3) is 0 Å². The van der Waals surface area contributed by atoms with Crippen molar-refractivity contribution in [1.29, 1.82) is 0 Å². The minimum absolute atomic E-state index is 0.160.